The molecule has 0 radical (unpaired) electrons. The van der Waals surface area contributed by atoms with Gasteiger partial charge in [0.15, 0.2) is 0 Å². The first-order chi connectivity index (χ1) is 5.93. The molecule has 0 saturated heterocycles. The maximum atomic E-state index is 11.0. The van der Waals surface area contributed by atoms with E-state index in [0.717, 1.165) is 0 Å². The van der Waals surface area contributed by atoms with Gasteiger partial charge in [-0.05, 0) is 6.92 Å². The van der Waals surface area contributed by atoms with Crippen molar-refractivity contribution in [3.63, 3.8) is 0 Å². The topological polar surface area (TPSA) is 95.5 Å². The number of rotatable bonds is 4. The lowest BCUT2D eigenvalue weighted by Gasteiger charge is -2.10. The summed E-state index contributed by atoms with van der Waals surface area (Å²) in [6, 6.07) is -0.711. The summed E-state index contributed by atoms with van der Waals surface area (Å²) in [4.78, 5) is 31.5. The summed E-state index contributed by atoms with van der Waals surface area (Å²) in [5, 5.41) is 12.7. The molecule has 0 heterocycles. The van der Waals surface area contributed by atoms with Crippen LogP contribution in [0.1, 0.15) is 13.8 Å². The molecule has 3 N–H and O–H groups in total. The standard InChI is InChI=1S/C7H12N2O4/c1-4(9-5(2)10)7(13)8-3-6(11)12/h4H,3H2,1-2H3,(H,8,13)(H,9,10)(H,11,12)/t4-/m1/s1. The Morgan fingerprint density at radius 2 is 1.92 bits per heavy atom. The first kappa shape index (κ1) is 11.4. The summed E-state index contributed by atoms with van der Waals surface area (Å²) >= 11 is 0. The van der Waals surface area contributed by atoms with Crippen LogP contribution < -0.4 is 10.6 Å². The van der Waals surface area contributed by atoms with E-state index in [9.17, 15) is 14.4 Å². The fourth-order valence-corrected chi connectivity index (χ4v) is 0.686. The summed E-state index contributed by atoms with van der Waals surface area (Å²) in [6.45, 7) is 2.31. The van der Waals surface area contributed by atoms with Crippen molar-refractivity contribution in [3.05, 3.63) is 0 Å². The van der Waals surface area contributed by atoms with Gasteiger partial charge in [0, 0.05) is 6.92 Å². The smallest absolute Gasteiger partial charge is 0.322 e. The molecule has 0 spiro atoms. The van der Waals surface area contributed by atoms with E-state index >= 15 is 0 Å². The van der Waals surface area contributed by atoms with Crippen LogP contribution in [-0.4, -0.2) is 35.5 Å². The first-order valence-corrected chi connectivity index (χ1v) is 3.70. The second-order valence-corrected chi connectivity index (χ2v) is 2.53. The quantitative estimate of drug-likeness (QED) is 0.511. The van der Waals surface area contributed by atoms with Gasteiger partial charge >= 0.3 is 5.97 Å². The molecule has 0 saturated carbocycles. The Bertz CT molecular complexity index is 227. The van der Waals surface area contributed by atoms with Crippen LogP contribution in [0.3, 0.4) is 0 Å². The van der Waals surface area contributed by atoms with E-state index in [0.29, 0.717) is 0 Å². The SMILES string of the molecule is CC(=O)N[C@H](C)C(=O)NCC(=O)O. The second-order valence-electron chi connectivity index (χ2n) is 2.53. The molecule has 0 unspecified atom stereocenters. The Labute approximate surface area is 75.3 Å². The molecule has 0 aliphatic heterocycles. The van der Waals surface area contributed by atoms with E-state index in [2.05, 4.69) is 10.6 Å². The van der Waals surface area contributed by atoms with Gasteiger partial charge in [-0.15, -0.1) is 0 Å². The Morgan fingerprint density at radius 1 is 1.38 bits per heavy atom. The van der Waals surface area contributed by atoms with Crippen molar-refractivity contribution >= 4 is 17.8 Å². The highest BCUT2D eigenvalue weighted by Gasteiger charge is 2.13. The number of carboxylic acids is 1. The third kappa shape index (κ3) is 5.66. The van der Waals surface area contributed by atoms with Crippen molar-refractivity contribution < 1.29 is 19.5 Å². The summed E-state index contributed by atoms with van der Waals surface area (Å²) in [5.74, 6) is -1.97. The average Bonchev–Trinajstić information content (AvgIpc) is 1.98. The summed E-state index contributed by atoms with van der Waals surface area (Å²) in [6.07, 6.45) is 0. The van der Waals surface area contributed by atoms with Crippen LogP contribution in [0.2, 0.25) is 0 Å². The molecular formula is C7H12N2O4. The number of hydrogen-bond donors (Lipinski definition) is 3. The zero-order chi connectivity index (χ0) is 10.4. The van der Waals surface area contributed by atoms with E-state index in [1.807, 2.05) is 0 Å². The van der Waals surface area contributed by atoms with Gasteiger partial charge in [-0.2, -0.15) is 0 Å². The van der Waals surface area contributed by atoms with Crippen LogP contribution in [0, 0.1) is 0 Å². The van der Waals surface area contributed by atoms with Gasteiger partial charge in [0.2, 0.25) is 11.8 Å². The van der Waals surface area contributed by atoms with Crippen LogP contribution in [-0.2, 0) is 14.4 Å². The molecule has 2 amide bonds. The predicted molar refractivity (Wildman–Crippen MR) is 43.9 cm³/mol. The van der Waals surface area contributed by atoms with Crippen molar-refractivity contribution in [2.45, 2.75) is 19.9 Å². The Morgan fingerprint density at radius 3 is 2.31 bits per heavy atom. The minimum Gasteiger partial charge on any atom is -0.480 e. The van der Waals surface area contributed by atoms with Crippen LogP contribution in [0.15, 0.2) is 0 Å². The molecule has 0 fully saturated rings. The minimum absolute atomic E-state index is 0.335. The van der Waals surface area contributed by atoms with Gasteiger partial charge in [-0.1, -0.05) is 0 Å². The monoisotopic (exact) mass is 188 g/mol. The number of carbonyl (C=O) groups is 3. The molecule has 6 nitrogen and oxygen atoms in total. The zero-order valence-corrected chi connectivity index (χ0v) is 7.46. The molecule has 0 aliphatic carbocycles. The number of nitrogens with one attached hydrogen (secondary N) is 2. The number of amides is 2. The fourth-order valence-electron chi connectivity index (χ4n) is 0.686. The lowest BCUT2D eigenvalue weighted by Crippen LogP contribution is -2.45. The summed E-state index contributed by atoms with van der Waals surface area (Å²) < 4.78 is 0. The number of carboxylic acid groups (broad SMARTS) is 1. The fraction of sp³-hybridized carbons (Fsp3) is 0.571. The van der Waals surface area contributed by atoms with Crippen LogP contribution in [0.4, 0.5) is 0 Å². The molecule has 6 heteroatoms. The van der Waals surface area contributed by atoms with Crippen molar-refractivity contribution in [2.24, 2.45) is 0 Å². The zero-order valence-electron chi connectivity index (χ0n) is 7.46. The number of carbonyl (C=O) groups excluding carboxylic acids is 2. The second kappa shape index (κ2) is 5.13. The first-order valence-electron chi connectivity index (χ1n) is 3.70. The van der Waals surface area contributed by atoms with E-state index < -0.39 is 24.5 Å². The Balaban J connectivity index is 3.82. The normalized spacial score (nSPS) is 11.5. The van der Waals surface area contributed by atoms with E-state index in [1.54, 1.807) is 0 Å². The highest BCUT2D eigenvalue weighted by Crippen LogP contribution is 1.81. The Hall–Kier alpha value is -1.59. The van der Waals surface area contributed by atoms with Gasteiger partial charge in [-0.25, -0.2) is 0 Å². The van der Waals surface area contributed by atoms with E-state index in [4.69, 9.17) is 5.11 Å². The molecule has 13 heavy (non-hydrogen) atoms. The van der Waals surface area contributed by atoms with Crippen LogP contribution in [0.25, 0.3) is 0 Å². The summed E-state index contributed by atoms with van der Waals surface area (Å²) in [5.41, 5.74) is 0. The Kier molecular flexibility index (Phi) is 4.50. The van der Waals surface area contributed by atoms with Gasteiger partial charge < -0.3 is 15.7 Å². The third-order valence-electron chi connectivity index (χ3n) is 1.23. The van der Waals surface area contributed by atoms with Gasteiger partial charge in [0.25, 0.3) is 0 Å². The average molecular weight is 188 g/mol. The molecule has 0 aromatic heterocycles. The van der Waals surface area contributed by atoms with Crippen molar-refractivity contribution in [1.29, 1.82) is 0 Å². The molecule has 1 atom stereocenters. The van der Waals surface area contributed by atoms with Crippen LogP contribution >= 0.6 is 0 Å². The molecule has 0 bridgehead atoms. The van der Waals surface area contributed by atoms with Crippen molar-refractivity contribution in [1.82, 2.24) is 10.6 Å². The molecular weight excluding hydrogens is 176 g/mol. The van der Waals surface area contributed by atoms with Crippen LogP contribution in [0.5, 0.6) is 0 Å². The van der Waals surface area contributed by atoms with E-state index in [1.165, 1.54) is 13.8 Å². The molecule has 0 aromatic carbocycles. The maximum absolute atomic E-state index is 11.0. The molecule has 74 valence electrons. The largest absolute Gasteiger partial charge is 0.480 e. The predicted octanol–water partition coefficient (Wildman–Crippen LogP) is -1.29. The van der Waals surface area contributed by atoms with Gasteiger partial charge in [0.1, 0.15) is 12.6 Å². The number of aliphatic carboxylic acids is 1. The lowest BCUT2D eigenvalue weighted by molar-refractivity contribution is -0.138. The van der Waals surface area contributed by atoms with Gasteiger partial charge in [0.05, 0.1) is 0 Å². The highest BCUT2D eigenvalue weighted by molar-refractivity contribution is 5.88. The number of hydrogen-bond acceptors (Lipinski definition) is 3. The minimum atomic E-state index is -1.12. The summed E-state index contributed by atoms with van der Waals surface area (Å²) in [7, 11) is 0. The van der Waals surface area contributed by atoms with Crippen molar-refractivity contribution in [3.8, 4) is 0 Å². The molecule has 0 aliphatic rings. The highest BCUT2D eigenvalue weighted by atomic mass is 16.4. The maximum Gasteiger partial charge on any atom is 0.322 e. The molecule has 0 aromatic rings. The molecule has 0 rings (SSSR count). The third-order valence-corrected chi connectivity index (χ3v) is 1.23. The van der Waals surface area contributed by atoms with Crippen molar-refractivity contribution in [2.75, 3.05) is 6.54 Å². The van der Waals surface area contributed by atoms with E-state index in [-0.39, 0.29) is 5.91 Å². The lowest BCUT2D eigenvalue weighted by atomic mass is 10.3. The van der Waals surface area contributed by atoms with Gasteiger partial charge in [-0.3, -0.25) is 14.4 Å².